The van der Waals surface area contributed by atoms with Crippen LogP contribution in [0, 0.1) is 6.92 Å². The number of aromatic nitrogens is 3. The van der Waals surface area contributed by atoms with E-state index < -0.39 is 0 Å². The molecule has 1 aromatic carbocycles. The molecule has 186 valence electrons. The molecule has 1 aliphatic carbocycles. The number of hydrogen-bond acceptors (Lipinski definition) is 8. The summed E-state index contributed by atoms with van der Waals surface area (Å²) in [5, 5.41) is 4.74. The van der Waals surface area contributed by atoms with E-state index >= 15 is 0 Å². The number of hydrogen-bond donors (Lipinski definition) is 1. The van der Waals surface area contributed by atoms with Crippen molar-refractivity contribution in [2.75, 3.05) is 36.5 Å². The van der Waals surface area contributed by atoms with E-state index in [1.165, 1.54) is 41.1 Å². The molecule has 9 heteroatoms. The Morgan fingerprint density at radius 1 is 1.11 bits per heavy atom. The molecular formula is C27H29N5O2S2. The van der Waals surface area contributed by atoms with Crippen molar-refractivity contribution in [2.24, 2.45) is 0 Å². The number of anilines is 2. The van der Waals surface area contributed by atoms with E-state index in [9.17, 15) is 4.79 Å². The van der Waals surface area contributed by atoms with Gasteiger partial charge in [-0.2, -0.15) is 0 Å². The maximum atomic E-state index is 12.9. The molecule has 3 aromatic heterocycles. The Balaban J connectivity index is 1.36. The fourth-order valence-corrected chi connectivity index (χ4v) is 7.16. The summed E-state index contributed by atoms with van der Waals surface area (Å²) in [7, 11) is 0. The number of amides is 1. The Kier molecular flexibility index (Phi) is 6.54. The van der Waals surface area contributed by atoms with Crippen LogP contribution in [0.2, 0.25) is 0 Å². The number of carbonyl (C=O) groups is 1. The number of benzene rings is 1. The molecule has 4 aromatic rings. The third-order valence-electron chi connectivity index (χ3n) is 6.95. The second-order valence-electron chi connectivity index (χ2n) is 9.45. The molecule has 1 amide bonds. The molecule has 7 nitrogen and oxygen atoms in total. The van der Waals surface area contributed by atoms with Gasteiger partial charge in [-0.3, -0.25) is 4.79 Å². The van der Waals surface area contributed by atoms with Gasteiger partial charge < -0.3 is 15.0 Å². The first-order valence-corrected chi connectivity index (χ1v) is 14.2. The maximum Gasteiger partial charge on any atom is 0.237 e. The van der Waals surface area contributed by atoms with Crippen LogP contribution in [0.25, 0.3) is 20.4 Å². The Hall–Kier alpha value is -2.75. The van der Waals surface area contributed by atoms with Crippen LogP contribution in [0.5, 0.6) is 0 Å². The van der Waals surface area contributed by atoms with Gasteiger partial charge in [0.25, 0.3) is 0 Å². The minimum absolute atomic E-state index is 0.0400. The van der Waals surface area contributed by atoms with Gasteiger partial charge in [-0.1, -0.05) is 29.5 Å². The summed E-state index contributed by atoms with van der Waals surface area (Å²) in [6.45, 7) is 7.21. The summed E-state index contributed by atoms with van der Waals surface area (Å²) in [6.07, 6.45) is 6.13. The van der Waals surface area contributed by atoms with E-state index in [4.69, 9.17) is 14.7 Å². The van der Waals surface area contributed by atoms with Crippen LogP contribution in [0.4, 0.5) is 11.5 Å². The van der Waals surface area contributed by atoms with Crippen molar-refractivity contribution in [3.05, 3.63) is 47.3 Å². The highest BCUT2D eigenvalue weighted by atomic mass is 32.2. The van der Waals surface area contributed by atoms with Gasteiger partial charge in [0.15, 0.2) is 0 Å². The van der Waals surface area contributed by atoms with E-state index in [-0.39, 0.29) is 11.2 Å². The van der Waals surface area contributed by atoms with Crippen LogP contribution >= 0.6 is 23.1 Å². The zero-order valence-corrected chi connectivity index (χ0v) is 22.2. The van der Waals surface area contributed by atoms with Gasteiger partial charge in [0.1, 0.15) is 22.0 Å². The number of nitrogens with one attached hydrogen (secondary N) is 1. The highest BCUT2D eigenvalue weighted by Gasteiger charge is 2.27. The Bertz CT molecular complexity index is 1430. The number of morpholine rings is 1. The molecule has 6 rings (SSSR count). The van der Waals surface area contributed by atoms with Crippen molar-refractivity contribution in [1.82, 2.24) is 15.0 Å². The highest BCUT2D eigenvalue weighted by molar-refractivity contribution is 8.00. The average molecular weight is 520 g/mol. The Morgan fingerprint density at radius 2 is 1.86 bits per heavy atom. The lowest BCUT2D eigenvalue weighted by Crippen LogP contribution is -2.37. The number of carbonyl (C=O) groups excluding carboxylic acids is 1. The number of nitrogens with zero attached hydrogens (tertiary/aromatic N) is 4. The number of thiophene rings is 1. The minimum atomic E-state index is -0.305. The second kappa shape index (κ2) is 9.95. The van der Waals surface area contributed by atoms with E-state index in [0.29, 0.717) is 0 Å². The zero-order chi connectivity index (χ0) is 24.6. The quantitative estimate of drug-likeness (QED) is 0.280. The van der Waals surface area contributed by atoms with Gasteiger partial charge in [0, 0.05) is 24.2 Å². The molecule has 2 aliphatic rings. The molecule has 0 bridgehead atoms. The molecular weight excluding hydrogens is 490 g/mol. The van der Waals surface area contributed by atoms with Gasteiger partial charge in [-0.25, -0.2) is 15.0 Å². The fraction of sp³-hybridized carbons (Fsp3) is 0.407. The van der Waals surface area contributed by atoms with Gasteiger partial charge in [-0.15, -0.1) is 11.3 Å². The molecule has 1 unspecified atom stereocenters. The van der Waals surface area contributed by atoms with Crippen LogP contribution in [0.15, 0.2) is 35.6 Å². The lowest BCUT2D eigenvalue weighted by molar-refractivity contribution is -0.115. The molecule has 1 saturated heterocycles. The number of ether oxygens (including phenoxy) is 1. The third-order valence-corrected chi connectivity index (χ3v) is 9.26. The first-order chi connectivity index (χ1) is 17.6. The van der Waals surface area contributed by atoms with Crippen molar-refractivity contribution in [2.45, 2.75) is 49.8 Å². The molecule has 0 radical (unpaired) electrons. The van der Waals surface area contributed by atoms with E-state index in [1.54, 1.807) is 17.7 Å². The third kappa shape index (κ3) is 4.44. The summed E-state index contributed by atoms with van der Waals surface area (Å²) in [4.78, 5) is 30.8. The number of fused-ring (bicyclic) bond motifs is 5. The molecule has 1 aliphatic heterocycles. The van der Waals surface area contributed by atoms with E-state index in [0.717, 1.165) is 76.3 Å². The summed E-state index contributed by atoms with van der Waals surface area (Å²) in [5.74, 6) is 1.09. The molecule has 0 spiro atoms. The second-order valence-corrected chi connectivity index (χ2v) is 11.8. The van der Waals surface area contributed by atoms with Gasteiger partial charge in [-0.05, 0) is 62.8 Å². The predicted molar refractivity (Wildman–Crippen MR) is 148 cm³/mol. The summed E-state index contributed by atoms with van der Waals surface area (Å²) >= 11 is 3.13. The lowest BCUT2D eigenvalue weighted by atomic mass is 9.90. The number of aryl methyl sites for hydroxylation is 2. The van der Waals surface area contributed by atoms with E-state index in [2.05, 4.69) is 15.2 Å². The standard InChI is InChI=1S/C27H29N5O2S2/c1-16-7-9-18(10-8-16)30-25(33)17(2)35-27-23-22(28-15-29-27)21-19-5-3-4-6-20(19)24(31-26(21)36-23)32-11-13-34-14-12-32/h7-10,15,17H,3-6,11-14H2,1-2H3,(H,30,33). The average Bonchev–Trinajstić information content (AvgIpc) is 3.30. The first-order valence-electron chi connectivity index (χ1n) is 12.5. The van der Waals surface area contributed by atoms with E-state index in [1.807, 2.05) is 38.1 Å². The van der Waals surface area contributed by atoms with Crippen LogP contribution in [-0.2, 0) is 22.4 Å². The molecule has 1 atom stereocenters. The number of rotatable bonds is 5. The molecule has 1 N–H and O–H groups in total. The van der Waals surface area contributed by atoms with Crippen LogP contribution in [0.1, 0.15) is 36.5 Å². The van der Waals surface area contributed by atoms with Gasteiger partial charge in [0.2, 0.25) is 5.91 Å². The molecule has 4 heterocycles. The Labute approximate surface area is 218 Å². The van der Waals surface area contributed by atoms with Gasteiger partial charge >= 0.3 is 0 Å². The number of pyridine rings is 1. The van der Waals surface area contributed by atoms with Crippen molar-refractivity contribution in [1.29, 1.82) is 0 Å². The zero-order valence-electron chi connectivity index (χ0n) is 20.5. The van der Waals surface area contributed by atoms with Crippen molar-refractivity contribution >= 4 is 60.9 Å². The van der Waals surface area contributed by atoms with Crippen LogP contribution in [0.3, 0.4) is 0 Å². The van der Waals surface area contributed by atoms with Crippen LogP contribution < -0.4 is 10.2 Å². The van der Waals surface area contributed by atoms with Crippen molar-refractivity contribution < 1.29 is 9.53 Å². The van der Waals surface area contributed by atoms with Crippen molar-refractivity contribution in [3.8, 4) is 0 Å². The van der Waals surface area contributed by atoms with Crippen LogP contribution in [-0.4, -0.2) is 52.4 Å². The fourth-order valence-electron chi connectivity index (χ4n) is 5.04. The molecule has 1 fully saturated rings. The molecule has 0 saturated carbocycles. The molecule has 36 heavy (non-hydrogen) atoms. The Morgan fingerprint density at radius 3 is 2.64 bits per heavy atom. The summed E-state index contributed by atoms with van der Waals surface area (Å²) in [5.41, 5.74) is 5.72. The normalized spacial score (nSPS) is 16.8. The monoisotopic (exact) mass is 519 g/mol. The van der Waals surface area contributed by atoms with Gasteiger partial charge in [0.05, 0.1) is 28.7 Å². The largest absolute Gasteiger partial charge is 0.378 e. The lowest BCUT2D eigenvalue weighted by Gasteiger charge is -2.31. The maximum absolute atomic E-state index is 12.9. The SMILES string of the molecule is Cc1ccc(NC(=O)C(C)Sc2ncnc3c2sc2nc(N4CCOCC4)c4c(c23)CCCC4)cc1. The van der Waals surface area contributed by atoms with Crippen molar-refractivity contribution in [3.63, 3.8) is 0 Å². The minimum Gasteiger partial charge on any atom is -0.378 e. The summed E-state index contributed by atoms with van der Waals surface area (Å²) in [6, 6.07) is 7.86. The summed E-state index contributed by atoms with van der Waals surface area (Å²) < 4.78 is 6.62. The first kappa shape index (κ1) is 23.6. The smallest absolute Gasteiger partial charge is 0.237 e. The predicted octanol–water partition coefficient (Wildman–Crippen LogP) is 5.38. The number of thioether (sulfide) groups is 1. The topological polar surface area (TPSA) is 80.2 Å². The highest BCUT2D eigenvalue weighted by Crippen LogP contribution is 2.43.